The second-order valence-electron chi connectivity index (χ2n) is 6.72. The monoisotopic (exact) mass is 396 g/mol. The molecule has 0 N–H and O–H groups in total. The molecule has 0 saturated carbocycles. The number of benzene rings is 2. The van der Waals surface area contributed by atoms with Crippen molar-refractivity contribution in [3.8, 4) is 28.7 Å². The molecule has 2 aromatic carbocycles. The van der Waals surface area contributed by atoms with Crippen molar-refractivity contribution >= 4 is 11.9 Å². The van der Waals surface area contributed by atoms with Crippen LogP contribution in [0.5, 0.6) is 28.7 Å². The lowest BCUT2D eigenvalue weighted by Gasteiger charge is -2.14. The van der Waals surface area contributed by atoms with Crippen LogP contribution in [0, 0.1) is 6.92 Å². The van der Waals surface area contributed by atoms with Gasteiger partial charge in [0.25, 0.3) is 0 Å². The van der Waals surface area contributed by atoms with Crippen LogP contribution in [-0.4, -0.2) is 33.7 Å². The maximum absolute atomic E-state index is 12.9. The number of rotatable bonds is 7. The Bertz CT molecular complexity index is 1000. The van der Waals surface area contributed by atoms with Crippen molar-refractivity contribution in [2.45, 2.75) is 13.8 Å². The minimum absolute atomic E-state index is 0.194. The first-order chi connectivity index (χ1) is 13.9. The molecular formula is C23H24O6. The van der Waals surface area contributed by atoms with Gasteiger partial charge < -0.3 is 23.7 Å². The van der Waals surface area contributed by atoms with E-state index in [0.717, 1.165) is 11.1 Å². The Morgan fingerprint density at radius 2 is 1.83 bits per heavy atom. The standard InChI is InChI=1S/C23H24O6/c1-13(2)12-28-16-9-14(3)20-18(11-16)29-19(21(20)24)10-15-7-8-17(25-4)23(27-6)22(15)26-5/h7-11H,1,12H2,2-6H3/b19-10-. The number of allylic oxidation sites excluding steroid dienone is 1. The molecule has 0 fully saturated rings. The quantitative estimate of drug-likeness (QED) is 0.504. The zero-order valence-corrected chi connectivity index (χ0v) is 17.3. The minimum Gasteiger partial charge on any atom is -0.493 e. The minimum atomic E-state index is -0.194. The SMILES string of the molecule is C=C(C)COc1cc(C)c2c(c1)O/C(=C\c1ccc(OC)c(OC)c1OC)C2=O. The van der Waals surface area contributed by atoms with Crippen molar-refractivity contribution in [3.05, 3.63) is 58.9 Å². The van der Waals surface area contributed by atoms with Gasteiger partial charge >= 0.3 is 0 Å². The largest absolute Gasteiger partial charge is 0.493 e. The number of ether oxygens (including phenoxy) is 5. The molecule has 0 atom stereocenters. The van der Waals surface area contributed by atoms with E-state index in [1.54, 1.807) is 31.4 Å². The average molecular weight is 396 g/mol. The summed E-state index contributed by atoms with van der Waals surface area (Å²) >= 11 is 0. The fourth-order valence-corrected chi connectivity index (χ4v) is 3.15. The highest BCUT2D eigenvalue weighted by Crippen LogP contribution is 2.42. The molecule has 0 radical (unpaired) electrons. The normalized spacial score (nSPS) is 13.7. The maximum atomic E-state index is 12.9. The number of aryl methyl sites for hydroxylation is 1. The van der Waals surface area contributed by atoms with Gasteiger partial charge in [0.05, 0.1) is 26.9 Å². The summed E-state index contributed by atoms with van der Waals surface area (Å²) in [7, 11) is 4.60. The van der Waals surface area contributed by atoms with Gasteiger partial charge in [-0.05, 0) is 49.3 Å². The molecule has 29 heavy (non-hydrogen) atoms. The molecule has 152 valence electrons. The van der Waals surface area contributed by atoms with E-state index in [1.165, 1.54) is 14.2 Å². The van der Waals surface area contributed by atoms with E-state index in [-0.39, 0.29) is 11.5 Å². The number of hydrogen-bond acceptors (Lipinski definition) is 6. The summed E-state index contributed by atoms with van der Waals surface area (Å²) in [5, 5.41) is 0. The van der Waals surface area contributed by atoms with Crippen LogP contribution in [0.4, 0.5) is 0 Å². The zero-order chi connectivity index (χ0) is 21.1. The summed E-state index contributed by atoms with van der Waals surface area (Å²) in [5.74, 6) is 2.53. The Balaban J connectivity index is 1.99. The number of Topliss-reactive ketones (excluding diaryl/α,β-unsaturated/α-hetero) is 1. The van der Waals surface area contributed by atoms with Gasteiger partial charge in [-0.2, -0.15) is 0 Å². The smallest absolute Gasteiger partial charge is 0.232 e. The molecule has 0 saturated heterocycles. The number of carbonyl (C=O) groups excluding carboxylic acids is 1. The third kappa shape index (κ3) is 3.92. The van der Waals surface area contributed by atoms with Gasteiger partial charge in [0.15, 0.2) is 17.3 Å². The lowest BCUT2D eigenvalue weighted by atomic mass is 10.0. The first kappa shape index (κ1) is 20.3. The summed E-state index contributed by atoms with van der Waals surface area (Å²) < 4.78 is 27.7. The van der Waals surface area contributed by atoms with E-state index < -0.39 is 0 Å². The highest BCUT2D eigenvalue weighted by atomic mass is 16.5. The first-order valence-corrected chi connectivity index (χ1v) is 9.04. The Morgan fingerprint density at radius 3 is 2.45 bits per heavy atom. The van der Waals surface area contributed by atoms with Gasteiger partial charge in [-0.15, -0.1) is 0 Å². The second kappa shape index (κ2) is 8.31. The van der Waals surface area contributed by atoms with Crippen LogP contribution in [0.2, 0.25) is 0 Å². The molecule has 0 aromatic heterocycles. The molecule has 6 nitrogen and oxygen atoms in total. The van der Waals surface area contributed by atoms with E-state index in [4.69, 9.17) is 23.7 Å². The second-order valence-corrected chi connectivity index (χ2v) is 6.72. The van der Waals surface area contributed by atoms with Crippen molar-refractivity contribution in [2.75, 3.05) is 27.9 Å². The van der Waals surface area contributed by atoms with Gasteiger partial charge in [-0.1, -0.05) is 6.58 Å². The van der Waals surface area contributed by atoms with Crippen molar-refractivity contribution in [2.24, 2.45) is 0 Å². The van der Waals surface area contributed by atoms with E-state index in [9.17, 15) is 4.79 Å². The molecule has 0 bridgehead atoms. The van der Waals surface area contributed by atoms with Crippen molar-refractivity contribution in [3.63, 3.8) is 0 Å². The third-order valence-electron chi connectivity index (χ3n) is 4.45. The molecule has 1 aliphatic heterocycles. The van der Waals surface area contributed by atoms with E-state index in [0.29, 0.717) is 46.5 Å². The molecule has 0 unspecified atom stereocenters. The Labute approximate surface area is 170 Å². The van der Waals surface area contributed by atoms with Gasteiger partial charge in [0.2, 0.25) is 11.5 Å². The zero-order valence-electron chi connectivity index (χ0n) is 17.3. The fourth-order valence-electron chi connectivity index (χ4n) is 3.15. The number of fused-ring (bicyclic) bond motifs is 1. The number of methoxy groups -OCH3 is 3. The molecule has 6 heteroatoms. The Kier molecular flexibility index (Phi) is 5.82. The molecular weight excluding hydrogens is 372 g/mol. The number of carbonyl (C=O) groups is 1. The van der Waals surface area contributed by atoms with Crippen molar-refractivity contribution in [1.29, 1.82) is 0 Å². The summed E-state index contributed by atoms with van der Waals surface area (Å²) in [5.41, 5.74) is 2.85. The van der Waals surface area contributed by atoms with E-state index in [1.807, 2.05) is 19.9 Å². The first-order valence-electron chi connectivity index (χ1n) is 9.04. The molecule has 1 heterocycles. The van der Waals surface area contributed by atoms with E-state index in [2.05, 4.69) is 6.58 Å². The topological polar surface area (TPSA) is 63.2 Å². The van der Waals surface area contributed by atoms with Crippen LogP contribution in [0.15, 0.2) is 42.2 Å². The van der Waals surface area contributed by atoms with Crippen LogP contribution < -0.4 is 23.7 Å². The Morgan fingerprint density at radius 1 is 1.10 bits per heavy atom. The van der Waals surface area contributed by atoms with Crippen LogP contribution in [0.3, 0.4) is 0 Å². The lowest BCUT2D eigenvalue weighted by Crippen LogP contribution is -2.01. The van der Waals surface area contributed by atoms with Gasteiger partial charge in [0, 0.05) is 11.6 Å². The molecule has 2 aromatic rings. The van der Waals surface area contributed by atoms with Crippen LogP contribution in [0.25, 0.3) is 6.08 Å². The van der Waals surface area contributed by atoms with Crippen LogP contribution >= 0.6 is 0 Å². The summed E-state index contributed by atoms with van der Waals surface area (Å²) in [6.07, 6.45) is 1.64. The average Bonchev–Trinajstić information content (AvgIpc) is 3.01. The summed E-state index contributed by atoms with van der Waals surface area (Å²) in [4.78, 5) is 12.9. The predicted octanol–water partition coefficient (Wildman–Crippen LogP) is 4.59. The molecule has 3 rings (SSSR count). The van der Waals surface area contributed by atoms with Crippen molar-refractivity contribution < 1.29 is 28.5 Å². The van der Waals surface area contributed by atoms with E-state index >= 15 is 0 Å². The van der Waals surface area contributed by atoms with Gasteiger partial charge in [-0.3, -0.25) is 4.79 Å². The predicted molar refractivity (Wildman–Crippen MR) is 111 cm³/mol. The summed E-state index contributed by atoms with van der Waals surface area (Å²) in [6.45, 7) is 7.97. The fraction of sp³-hybridized carbons (Fsp3) is 0.261. The highest BCUT2D eigenvalue weighted by Gasteiger charge is 2.30. The van der Waals surface area contributed by atoms with Crippen LogP contribution in [0.1, 0.15) is 28.4 Å². The number of ketones is 1. The Hall–Kier alpha value is -3.41. The third-order valence-corrected chi connectivity index (χ3v) is 4.45. The summed E-state index contributed by atoms with van der Waals surface area (Å²) in [6, 6.07) is 7.06. The number of hydrogen-bond donors (Lipinski definition) is 0. The lowest BCUT2D eigenvalue weighted by molar-refractivity contribution is 0.101. The highest BCUT2D eigenvalue weighted by molar-refractivity contribution is 6.15. The van der Waals surface area contributed by atoms with Crippen molar-refractivity contribution in [1.82, 2.24) is 0 Å². The van der Waals surface area contributed by atoms with Gasteiger partial charge in [0.1, 0.15) is 18.1 Å². The maximum Gasteiger partial charge on any atom is 0.232 e. The van der Waals surface area contributed by atoms with Gasteiger partial charge in [-0.25, -0.2) is 0 Å². The van der Waals surface area contributed by atoms with Crippen LogP contribution in [-0.2, 0) is 0 Å². The molecule has 0 spiro atoms. The molecule has 1 aliphatic rings. The molecule has 0 aliphatic carbocycles. The molecule has 0 amide bonds.